The van der Waals surface area contributed by atoms with Crippen LogP contribution in [0.5, 0.6) is 0 Å². The number of hydrogen-bond acceptors (Lipinski definition) is 21. The van der Waals surface area contributed by atoms with Crippen LogP contribution in [-0.2, 0) is 47.5 Å². The van der Waals surface area contributed by atoms with Crippen LogP contribution in [0.2, 0.25) is 0 Å². The Morgan fingerprint density at radius 1 is 0.519 bits per heavy atom. The maximum Gasteiger partial charge on any atom is 0.335 e. The molecule has 4 aliphatic heterocycles. The van der Waals surface area contributed by atoms with Crippen LogP contribution in [0, 0.1) is 0 Å². The Balaban J connectivity index is 1.61. The van der Waals surface area contributed by atoms with Gasteiger partial charge >= 0.3 is 5.97 Å². The summed E-state index contributed by atoms with van der Waals surface area (Å²) in [6.07, 6.45) is -34.2. The van der Waals surface area contributed by atoms with Gasteiger partial charge in [-0.3, -0.25) is 9.59 Å². The Hall–Kier alpha value is -2.31. The molecule has 2 amide bonds. The molecule has 24 heteroatoms. The molecular formula is C28H46N2O22. The number of carboxylic acids is 1. The third-order valence-corrected chi connectivity index (χ3v) is 8.98. The van der Waals surface area contributed by atoms with E-state index in [2.05, 4.69) is 10.6 Å². The molecule has 0 aromatic heterocycles. The third-order valence-electron chi connectivity index (χ3n) is 8.98. The highest BCUT2D eigenvalue weighted by molar-refractivity contribution is 5.74. The van der Waals surface area contributed by atoms with Crippen molar-refractivity contribution in [1.29, 1.82) is 0 Å². The summed E-state index contributed by atoms with van der Waals surface area (Å²) in [6.45, 7) is -0.608. The molecule has 4 aliphatic rings. The number of amides is 2. The van der Waals surface area contributed by atoms with Gasteiger partial charge in [0.05, 0.1) is 19.8 Å². The van der Waals surface area contributed by atoms with Crippen LogP contribution in [0.4, 0.5) is 0 Å². The molecule has 0 aromatic carbocycles. The van der Waals surface area contributed by atoms with E-state index in [9.17, 15) is 75.7 Å². The monoisotopic (exact) mass is 762 g/mol. The maximum atomic E-state index is 12.5. The molecule has 14 N–H and O–H groups in total. The molecule has 4 saturated heterocycles. The number of aliphatic hydroxyl groups excluding tert-OH is 11. The number of carboxylic acid groups (broad SMARTS) is 1. The average Bonchev–Trinajstić information content (AvgIpc) is 3.09. The van der Waals surface area contributed by atoms with Gasteiger partial charge in [0.2, 0.25) is 11.8 Å². The normalized spacial score (nSPS) is 47.0. The zero-order valence-electron chi connectivity index (χ0n) is 27.6. The summed E-state index contributed by atoms with van der Waals surface area (Å²) >= 11 is 0. The lowest BCUT2D eigenvalue weighted by Gasteiger charge is -2.49. The molecule has 0 radical (unpaired) electrons. The van der Waals surface area contributed by atoms with Crippen molar-refractivity contribution < 1.29 is 109 Å². The van der Waals surface area contributed by atoms with Crippen molar-refractivity contribution >= 4 is 17.8 Å². The van der Waals surface area contributed by atoms with Gasteiger partial charge in [0, 0.05) is 13.8 Å². The second-order valence-electron chi connectivity index (χ2n) is 12.7. The molecule has 0 aliphatic carbocycles. The summed E-state index contributed by atoms with van der Waals surface area (Å²) in [6, 6.07) is -3.26. The van der Waals surface area contributed by atoms with E-state index in [0.717, 1.165) is 13.8 Å². The smallest absolute Gasteiger partial charge is 0.335 e. The lowest BCUT2D eigenvalue weighted by atomic mass is 9.94. The molecular weight excluding hydrogens is 716 g/mol. The highest BCUT2D eigenvalue weighted by Gasteiger charge is 2.57. The van der Waals surface area contributed by atoms with Crippen LogP contribution in [0.3, 0.4) is 0 Å². The molecule has 52 heavy (non-hydrogen) atoms. The predicted octanol–water partition coefficient (Wildman–Crippen LogP) is -9.37. The van der Waals surface area contributed by atoms with Gasteiger partial charge in [0.25, 0.3) is 0 Å². The van der Waals surface area contributed by atoms with E-state index in [1.165, 1.54) is 0 Å². The molecule has 0 bridgehead atoms. The van der Waals surface area contributed by atoms with Crippen LogP contribution in [0.1, 0.15) is 13.8 Å². The van der Waals surface area contributed by atoms with Gasteiger partial charge < -0.3 is 105 Å². The number of carbonyl (C=O) groups excluding carboxylic acids is 2. The van der Waals surface area contributed by atoms with Crippen LogP contribution in [0.15, 0.2) is 0 Å². The van der Waals surface area contributed by atoms with Gasteiger partial charge in [0.15, 0.2) is 31.3 Å². The molecule has 4 heterocycles. The zero-order valence-corrected chi connectivity index (χ0v) is 27.6. The number of aliphatic carboxylic acids is 1. The summed E-state index contributed by atoms with van der Waals surface area (Å²) < 4.78 is 38.5. The third kappa shape index (κ3) is 8.96. The average molecular weight is 763 g/mol. The van der Waals surface area contributed by atoms with Crippen molar-refractivity contribution in [3.63, 3.8) is 0 Å². The van der Waals surface area contributed by atoms with E-state index >= 15 is 0 Å². The fourth-order valence-corrected chi connectivity index (χ4v) is 6.31. The number of nitrogens with one attached hydrogen (secondary N) is 2. The van der Waals surface area contributed by atoms with E-state index in [1.54, 1.807) is 0 Å². The number of rotatable bonds is 12. The fourth-order valence-electron chi connectivity index (χ4n) is 6.31. The van der Waals surface area contributed by atoms with Crippen LogP contribution in [0.25, 0.3) is 0 Å². The SMILES string of the molecule is CC(=O)N[C@@H]1[C@@H](O[C@@H]2O[C@H](C(=O)O)[C@@H](O[C@@H]3O[C@H](CO)[C@@H](O)[C@H](O[C@@H]4O[C@H](CO)[C@H](O)[C@H](O)[C@H]4O)[C@H]3NC(C)=O)[C@H](O)[C@H]2O)[C@@H](O)[C@@H](CO)O[C@@H]1O. The first kappa shape index (κ1) is 42.4. The first-order valence-electron chi connectivity index (χ1n) is 16.1. The minimum absolute atomic E-state index is 0.737. The quantitative estimate of drug-likeness (QED) is 0.0877. The van der Waals surface area contributed by atoms with Crippen molar-refractivity contribution in [3.8, 4) is 0 Å². The van der Waals surface area contributed by atoms with Crippen LogP contribution in [-0.4, -0.2) is 222 Å². The van der Waals surface area contributed by atoms with Gasteiger partial charge in [-0.1, -0.05) is 0 Å². The number of aliphatic hydroxyl groups is 11. The van der Waals surface area contributed by atoms with Gasteiger partial charge in [0.1, 0.15) is 91.4 Å². The molecule has 0 aromatic rings. The van der Waals surface area contributed by atoms with E-state index in [-0.39, 0.29) is 0 Å². The van der Waals surface area contributed by atoms with Crippen molar-refractivity contribution in [2.45, 2.75) is 137 Å². The minimum atomic E-state index is -2.26. The first-order valence-corrected chi connectivity index (χ1v) is 16.1. The van der Waals surface area contributed by atoms with Crippen molar-refractivity contribution in [3.05, 3.63) is 0 Å². The minimum Gasteiger partial charge on any atom is -0.479 e. The molecule has 24 nitrogen and oxygen atoms in total. The topological polar surface area (TPSA) is 383 Å². The van der Waals surface area contributed by atoms with Gasteiger partial charge in [-0.15, -0.1) is 0 Å². The number of carbonyl (C=O) groups is 3. The molecule has 0 spiro atoms. The summed E-state index contributed by atoms with van der Waals surface area (Å²) in [7, 11) is 0. The van der Waals surface area contributed by atoms with E-state index in [4.69, 9.17) is 33.2 Å². The van der Waals surface area contributed by atoms with Crippen molar-refractivity contribution in [1.82, 2.24) is 10.6 Å². The van der Waals surface area contributed by atoms with Crippen molar-refractivity contribution in [2.24, 2.45) is 0 Å². The van der Waals surface area contributed by atoms with Crippen molar-refractivity contribution in [2.75, 3.05) is 19.8 Å². The standard InChI is InChI=1S/C28H46N2O22/c1-6(34)29-11-20(14(37)9(4-32)46-25(11)45)49-28-19(42)17(40)22(23(52-28)24(43)44)51-26-12(30-7(2)35)21(15(38)10(5-33)47-26)50-27-18(41)16(39)13(36)8(3-31)48-27/h8-23,25-28,31-33,36-42,45H,3-5H2,1-2H3,(H,29,34)(H,30,35)(H,43,44)/t8-,9-,10-,11-,12-,13+,14+,15-,16+,17-,18-,19-,20-,21-,22+,23+,25+,26+,27+,28-/m1/s1. The second-order valence-corrected chi connectivity index (χ2v) is 12.7. The van der Waals surface area contributed by atoms with E-state index < -0.39 is 160 Å². The molecule has 300 valence electrons. The fraction of sp³-hybridized carbons (Fsp3) is 0.893. The number of hydrogen-bond donors (Lipinski definition) is 14. The Morgan fingerprint density at radius 3 is 1.46 bits per heavy atom. The molecule has 0 saturated carbocycles. The summed E-state index contributed by atoms with van der Waals surface area (Å²) in [5, 5.41) is 129. The Labute approximate surface area is 293 Å². The van der Waals surface area contributed by atoms with Gasteiger partial charge in [-0.2, -0.15) is 0 Å². The Bertz CT molecular complexity index is 1220. The number of ether oxygens (including phenoxy) is 7. The lowest BCUT2D eigenvalue weighted by Crippen LogP contribution is -2.70. The summed E-state index contributed by atoms with van der Waals surface area (Å²) in [5.41, 5.74) is 0. The Morgan fingerprint density at radius 2 is 0.942 bits per heavy atom. The maximum absolute atomic E-state index is 12.5. The van der Waals surface area contributed by atoms with Gasteiger partial charge in [-0.05, 0) is 0 Å². The largest absolute Gasteiger partial charge is 0.479 e. The Kier molecular flexibility index (Phi) is 14.6. The van der Waals surface area contributed by atoms with Gasteiger partial charge in [-0.25, -0.2) is 4.79 Å². The summed E-state index contributed by atoms with van der Waals surface area (Å²) in [5.74, 6) is -3.39. The van der Waals surface area contributed by atoms with E-state index in [1.807, 2.05) is 0 Å². The first-order chi connectivity index (χ1) is 24.4. The second kappa shape index (κ2) is 17.9. The zero-order chi connectivity index (χ0) is 38.8. The highest BCUT2D eigenvalue weighted by Crippen LogP contribution is 2.34. The molecule has 4 fully saturated rings. The van der Waals surface area contributed by atoms with Crippen LogP contribution < -0.4 is 10.6 Å². The lowest BCUT2D eigenvalue weighted by molar-refractivity contribution is -0.370. The van der Waals surface area contributed by atoms with E-state index in [0.29, 0.717) is 0 Å². The summed E-state index contributed by atoms with van der Waals surface area (Å²) in [4.78, 5) is 36.6. The predicted molar refractivity (Wildman–Crippen MR) is 158 cm³/mol. The van der Waals surface area contributed by atoms with Crippen LogP contribution >= 0.6 is 0 Å². The molecule has 20 atom stereocenters. The molecule has 4 rings (SSSR count). The molecule has 0 unspecified atom stereocenters. The highest BCUT2D eigenvalue weighted by atomic mass is 16.8.